The number of nitrogens with zero attached hydrogens (tertiary/aromatic N) is 1. The highest BCUT2D eigenvalue weighted by Crippen LogP contribution is 2.23. The molecule has 0 saturated heterocycles. The zero-order valence-electron chi connectivity index (χ0n) is 11.6. The predicted molar refractivity (Wildman–Crippen MR) is 79.9 cm³/mol. The summed E-state index contributed by atoms with van der Waals surface area (Å²) in [5.74, 6) is 0.184. The number of benzene rings is 1. The first kappa shape index (κ1) is 14.7. The molecule has 1 heterocycles. The second kappa shape index (κ2) is 6.65. The average Bonchev–Trinajstić information content (AvgIpc) is 2.88. The minimum Gasteiger partial charge on any atom is -0.305 e. The highest BCUT2D eigenvalue weighted by molar-refractivity contribution is 7.12. The van der Waals surface area contributed by atoms with Crippen LogP contribution in [-0.2, 0) is 6.54 Å². The molecule has 0 spiro atoms. The van der Waals surface area contributed by atoms with Gasteiger partial charge in [0.25, 0.3) is 0 Å². The van der Waals surface area contributed by atoms with Crippen molar-refractivity contribution in [2.75, 3.05) is 0 Å². The fraction of sp³-hybridized carbons (Fsp3) is 0.312. The van der Waals surface area contributed by atoms with Gasteiger partial charge in [-0.05, 0) is 35.7 Å². The summed E-state index contributed by atoms with van der Waals surface area (Å²) in [6, 6.07) is 12.7. The van der Waals surface area contributed by atoms with Gasteiger partial charge >= 0.3 is 0 Å². The molecule has 1 N–H and O–H groups in total. The molecule has 0 fully saturated rings. The summed E-state index contributed by atoms with van der Waals surface area (Å²) >= 11 is 1.50. The van der Waals surface area contributed by atoms with Crippen LogP contribution in [0.25, 0.3) is 0 Å². The summed E-state index contributed by atoms with van der Waals surface area (Å²) in [4.78, 5) is 1.86. The summed E-state index contributed by atoms with van der Waals surface area (Å²) in [6.45, 7) is 4.98. The highest BCUT2D eigenvalue weighted by Gasteiger charge is 2.15. The van der Waals surface area contributed by atoms with E-state index in [-0.39, 0.29) is 11.9 Å². The van der Waals surface area contributed by atoms with Crippen molar-refractivity contribution in [3.8, 4) is 6.07 Å². The van der Waals surface area contributed by atoms with Crippen LogP contribution in [0.2, 0.25) is 0 Å². The Hall–Kier alpha value is -1.70. The van der Waals surface area contributed by atoms with Crippen LogP contribution in [0.15, 0.2) is 36.4 Å². The van der Waals surface area contributed by atoms with Gasteiger partial charge in [0.05, 0.1) is 0 Å². The van der Waals surface area contributed by atoms with Crippen molar-refractivity contribution in [3.05, 3.63) is 57.5 Å². The first-order chi connectivity index (χ1) is 9.60. The van der Waals surface area contributed by atoms with E-state index in [1.54, 1.807) is 0 Å². The Labute approximate surface area is 122 Å². The van der Waals surface area contributed by atoms with E-state index in [1.165, 1.54) is 23.5 Å². The normalized spacial score (nSPS) is 12.3. The number of hydrogen-bond acceptors (Lipinski definition) is 3. The molecule has 0 saturated carbocycles. The zero-order chi connectivity index (χ0) is 14.5. The molecule has 1 atom stereocenters. The Morgan fingerprint density at radius 1 is 1.20 bits per heavy atom. The SMILES string of the molecule is CC(C)C(NCc1ccc(C#N)s1)c1ccc(F)cc1. The molecular weight excluding hydrogens is 271 g/mol. The van der Waals surface area contributed by atoms with Crippen LogP contribution in [-0.4, -0.2) is 0 Å². The fourth-order valence-corrected chi connectivity index (χ4v) is 2.91. The molecule has 0 aliphatic heterocycles. The second-order valence-electron chi connectivity index (χ2n) is 5.03. The number of rotatable bonds is 5. The Morgan fingerprint density at radius 3 is 2.45 bits per heavy atom. The molecule has 104 valence electrons. The van der Waals surface area contributed by atoms with Crippen molar-refractivity contribution in [2.45, 2.75) is 26.4 Å². The molecule has 0 aliphatic rings. The third-order valence-electron chi connectivity index (χ3n) is 3.16. The smallest absolute Gasteiger partial charge is 0.123 e. The summed E-state index contributed by atoms with van der Waals surface area (Å²) in [6.07, 6.45) is 0. The predicted octanol–water partition coefficient (Wildman–Crippen LogP) is 4.25. The van der Waals surface area contributed by atoms with Crippen molar-refractivity contribution < 1.29 is 4.39 Å². The molecule has 2 nitrogen and oxygen atoms in total. The minimum atomic E-state index is -0.215. The van der Waals surface area contributed by atoms with Gasteiger partial charge in [0.2, 0.25) is 0 Å². The quantitative estimate of drug-likeness (QED) is 0.893. The average molecular weight is 288 g/mol. The van der Waals surface area contributed by atoms with E-state index in [2.05, 4.69) is 25.2 Å². The Kier molecular flexibility index (Phi) is 4.89. The van der Waals surface area contributed by atoms with Gasteiger partial charge in [0, 0.05) is 17.5 Å². The second-order valence-corrected chi connectivity index (χ2v) is 6.20. The van der Waals surface area contributed by atoms with Gasteiger partial charge < -0.3 is 5.32 Å². The van der Waals surface area contributed by atoms with Gasteiger partial charge in [-0.2, -0.15) is 5.26 Å². The lowest BCUT2D eigenvalue weighted by atomic mass is 9.96. The number of nitriles is 1. The van der Waals surface area contributed by atoms with Crippen molar-refractivity contribution in [3.63, 3.8) is 0 Å². The third-order valence-corrected chi connectivity index (χ3v) is 4.15. The lowest BCUT2D eigenvalue weighted by Crippen LogP contribution is -2.25. The molecule has 0 amide bonds. The number of thiophene rings is 1. The summed E-state index contributed by atoms with van der Waals surface area (Å²) in [5.41, 5.74) is 1.08. The van der Waals surface area contributed by atoms with Crippen LogP contribution in [0.1, 0.15) is 35.2 Å². The van der Waals surface area contributed by atoms with Gasteiger partial charge in [-0.15, -0.1) is 11.3 Å². The number of hydrogen-bond donors (Lipinski definition) is 1. The standard InChI is InChI=1S/C16H17FN2S/c1-11(2)16(12-3-5-13(17)6-4-12)19-10-15-8-7-14(9-18)20-15/h3-8,11,16,19H,10H2,1-2H3. The molecule has 20 heavy (non-hydrogen) atoms. The Balaban J connectivity index is 2.06. The number of nitrogens with one attached hydrogen (secondary N) is 1. The molecule has 2 aromatic rings. The van der Waals surface area contributed by atoms with E-state index in [0.29, 0.717) is 12.5 Å². The van der Waals surface area contributed by atoms with Crippen molar-refractivity contribution >= 4 is 11.3 Å². The maximum Gasteiger partial charge on any atom is 0.123 e. The molecule has 1 aromatic heterocycles. The van der Waals surface area contributed by atoms with Crippen LogP contribution >= 0.6 is 11.3 Å². The first-order valence-electron chi connectivity index (χ1n) is 6.58. The molecule has 0 aliphatic carbocycles. The van der Waals surface area contributed by atoms with E-state index >= 15 is 0 Å². The summed E-state index contributed by atoms with van der Waals surface area (Å²) in [7, 11) is 0. The van der Waals surface area contributed by atoms with E-state index in [0.717, 1.165) is 15.3 Å². The number of halogens is 1. The van der Waals surface area contributed by atoms with Gasteiger partial charge in [-0.1, -0.05) is 26.0 Å². The monoisotopic (exact) mass is 288 g/mol. The minimum absolute atomic E-state index is 0.170. The molecule has 1 unspecified atom stereocenters. The van der Waals surface area contributed by atoms with Gasteiger partial charge in [-0.25, -0.2) is 4.39 Å². The maximum atomic E-state index is 13.0. The van der Waals surface area contributed by atoms with E-state index in [1.807, 2.05) is 24.3 Å². The highest BCUT2D eigenvalue weighted by atomic mass is 32.1. The summed E-state index contributed by atoms with van der Waals surface area (Å²) in [5, 5.41) is 12.3. The van der Waals surface area contributed by atoms with Crippen LogP contribution < -0.4 is 5.32 Å². The topological polar surface area (TPSA) is 35.8 Å². The molecule has 4 heteroatoms. The fourth-order valence-electron chi connectivity index (χ4n) is 2.15. The first-order valence-corrected chi connectivity index (χ1v) is 7.39. The molecular formula is C16H17FN2S. The molecule has 0 bridgehead atoms. The van der Waals surface area contributed by atoms with E-state index in [9.17, 15) is 4.39 Å². The van der Waals surface area contributed by atoms with Crippen LogP contribution in [0.5, 0.6) is 0 Å². The van der Waals surface area contributed by atoms with Crippen molar-refractivity contribution in [1.29, 1.82) is 5.26 Å². The molecule has 2 rings (SSSR count). The third kappa shape index (κ3) is 3.66. The van der Waals surface area contributed by atoms with Crippen LogP contribution in [0, 0.1) is 23.1 Å². The largest absolute Gasteiger partial charge is 0.305 e. The lowest BCUT2D eigenvalue weighted by Gasteiger charge is -2.22. The van der Waals surface area contributed by atoms with Gasteiger partial charge in [0.1, 0.15) is 16.8 Å². The van der Waals surface area contributed by atoms with Gasteiger partial charge in [-0.3, -0.25) is 0 Å². The van der Waals surface area contributed by atoms with Crippen LogP contribution in [0.4, 0.5) is 4.39 Å². The summed E-state index contributed by atoms with van der Waals surface area (Å²) < 4.78 is 13.0. The van der Waals surface area contributed by atoms with Crippen molar-refractivity contribution in [2.24, 2.45) is 5.92 Å². The van der Waals surface area contributed by atoms with Crippen LogP contribution in [0.3, 0.4) is 0 Å². The Bertz CT molecular complexity index is 596. The lowest BCUT2D eigenvalue weighted by molar-refractivity contribution is 0.411. The van der Waals surface area contributed by atoms with E-state index < -0.39 is 0 Å². The Morgan fingerprint density at radius 2 is 1.90 bits per heavy atom. The van der Waals surface area contributed by atoms with Gasteiger partial charge in [0.15, 0.2) is 0 Å². The maximum absolute atomic E-state index is 13.0. The van der Waals surface area contributed by atoms with E-state index in [4.69, 9.17) is 5.26 Å². The molecule has 0 radical (unpaired) electrons. The zero-order valence-corrected chi connectivity index (χ0v) is 12.4. The van der Waals surface area contributed by atoms with Crippen molar-refractivity contribution in [1.82, 2.24) is 5.32 Å². The molecule has 1 aromatic carbocycles.